The Labute approximate surface area is 124 Å². The molecule has 1 heterocycles. The summed E-state index contributed by atoms with van der Waals surface area (Å²) >= 11 is 0. The van der Waals surface area contributed by atoms with Gasteiger partial charge in [0.1, 0.15) is 0 Å². The fourth-order valence-corrected chi connectivity index (χ4v) is 2.37. The van der Waals surface area contributed by atoms with Gasteiger partial charge in [0.05, 0.1) is 0 Å². The van der Waals surface area contributed by atoms with E-state index >= 15 is 0 Å². The number of hydrogen-bond donors (Lipinski definition) is 2. The number of carbonyl (C=O) groups excluding carboxylic acids is 2. The molecule has 112 valence electrons. The van der Waals surface area contributed by atoms with E-state index in [2.05, 4.69) is 5.32 Å². The Morgan fingerprint density at radius 3 is 2.67 bits per heavy atom. The first kappa shape index (κ1) is 15.3. The molecule has 1 aromatic rings. The van der Waals surface area contributed by atoms with E-state index in [4.69, 9.17) is 5.73 Å². The number of nitrogens with two attached hydrogens (primary N) is 1. The average molecular weight is 287 g/mol. The quantitative estimate of drug-likeness (QED) is 0.815. The number of amides is 2. The van der Waals surface area contributed by atoms with Crippen molar-refractivity contribution in [1.82, 2.24) is 10.2 Å². The van der Waals surface area contributed by atoms with Gasteiger partial charge in [0.25, 0.3) is 5.91 Å². The van der Waals surface area contributed by atoms with E-state index in [0.29, 0.717) is 12.1 Å². The van der Waals surface area contributed by atoms with Crippen LogP contribution in [-0.2, 0) is 4.79 Å². The number of rotatable bonds is 3. The number of carbonyl (C=O) groups is 2. The SMILES string of the molecule is CNC(=O)c1ccc(/C=C/C(=O)N2CCCC(N)C2)cc1. The number of nitrogens with zero attached hydrogens (tertiary/aromatic N) is 1. The van der Waals surface area contributed by atoms with E-state index in [0.717, 1.165) is 24.9 Å². The minimum Gasteiger partial charge on any atom is -0.355 e. The Morgan fingerprint density at radius 2 is 2.05 bits per heavy atom. The van der Waals surface area contributed by atoms with Gasteiger partial charge in [-0.05, 0) is 36.6 Å². The monoisotopic (exact) mass is 287 g/mol. The molecule has 0 aromatic heterocycles. The Hall–Kier alpha value is -2.14. The predicted octanol–water partition coefficient (Wildman–Crippen LogP) is 1.01. The fourth-order valence-electron chi connectivity index (χ4n) is 2.37. The molecule has 1 fully saturated rings. The van der Waals surface area contributed by atoms with E-state index in [1.54, 1.807) is 36.2 Å². The Morgan fingerprint density at radius 1 is 1.33 bits per heavy atom. The third-order valence-corrected chi connectivity index (χ3v) is 3.59. The van der Waals surface area contributed by atoms with Crippen LogP contribution in [0.1, 0.15) is 28.8 Å². The van der Waals surface area contributed by atoms with E-state index in [1.807, 2.05) is 12.1 Å². The van der Waals surface area contributed by atoms with Crippen molar-refractivity contribution in [1.29, 1.82) is 0 Å². The molecule has 0 bridgehead atoms. The Balaban J connectivity index is 1.97. The van der Waals surface area contributed by atoms with Gasteiger partial charge >= 0.3 is 0 Å². The molecule has 0 spiro atoms. The molecule has 0 aliphatic carbocycles. The molecule has 21 heavy (non-hydrogen) atoms. The van der Waals surface area contributed by atoms with Crippen LogP contribution in [0.5, 0.6) is 0 Å². The summed E-state index contributed by atoms with van der Waals surface area (Å²) in [5.41, 5.74) is 7.36. The molecule has 1 aromatic carbocycles. The van der Waals surface area contributed by atoms with E-state index in [9.17, 15) is 9.59 Å². The van der Waals surface area contributed by atoms with Crippen LogP contribution in [0, 0.1) is 0 Å². The lowest BCUT2D eigenvalue weighted by atomic mass is 10.1. The van der Waals surface area contributed by atoms with E-state index < -0.39 is 0 Å². The van der Waals surface area contributed by atoms with Crippen molar-refractivity contribution in [3.05, 3.63) is 41.5 Å². The van der Waals surface area contributed by atoms with Crippen LogP contribution in [0.25, 0.3) is 6.08 Å². The number of benzene rings is 1. The largest absolute Gasteiger partial charge is 0.355 e. The van der Waals surface area contributed by atoms with Crippen LogP contribution in [0.4, 0.5) is 0 Å². The zero-order chi connectivity index (χ0) is 15.2. The molecule has 0 radical (unpaired) electrons. The van der Waals surface area contributed by atoms with Crippen molar-refractivity contribution in [3.63, 3.8) is 0 Å². The summed E-state index contributed by atoms with van der Waals surface area (Å²) in [5, 5.41) is 2.57. The summed E-state index contributed by atoms with van der Waals surface area (Å²) in [4.78, 5) is 25.3. The first-order valence-electron chi connectivity index (χ1n) is 7.15. The third-order valence-electron chi connectivity index (χ3n) is 3.59. The van der Waals surface area contributed by atoms with Gasteiger partial charge in [-0.1, -0.05) is 12.1 Å². The highest BCUT2D eigenvalue weighted by molar-refractivity contribution is 5.94. The minimum absolute atomic E-state index is 0.0134. The van der Waals surface area contributed by atoms with Gasteiger partial charge < -0.3 is 16.0 Å². The highest BCUT2D eigenvalue weighted by Crippen LogP contribution is 2.10. The molecular weight excluding hydrogens is 266 g/mol. The smallest absolute Gasteiger partial charge is 0.251 e. The maximum Gasteiger partial charge on any atom is 0.251 e. The van der Waals surface area contributed by atoms with Crippen molar-refractivity contribution in [2.75, 3.05) is 20.1 Å². The molecular formula is C16H21N3O2. The highest BCUT2D eigenvalue weighted by Gasteiger charge is 2.19. The zero-order valence-electron chi connectivity index (χ0n) is 12.2. The van der Waals surface area contributed by atoms with Crippen LogP contribution in [0.3, 0.4) is 0 Å². The molecule has 1 saturated heterocycles. The topological polar surface area (TPSA) is 75.4 Å². The van der Waals surface area contributed by atoms with Crippen LogP contribution < -0.4 is 11.1 Å². The van der Waals surface area contributed by atoms with Crippen LogP contribution in [0.15, 0.2) is 30.3 Å². The van der Waals surface area contributed by atoms with Gasteiger partial charge in [0, 0.05) is 37.8 Å². The maximum absolute atomic E-state index is 12.1. The standard InChI is InChI=1S/C16H21N3O2/c1-18-16(21)13-7-4-12(5-8-13)6-9-15(20)19-10-2-3-14(17)11-19/h4-9,14H,2-3,10-11,17H2,1H3,(H,18,21)/b9-6+. The summed E-state index contributed by atoms with van der Waals surface area (Å²) in [6, 6.07) is 7.19. The second-order valence-corrected chi connectivity index (χ2v) is 5.22. The number of hydrogen-bond acceptors (Lipinski definition) is 3. The first-order valence-corrected chi connectivity index (χ1v) is 7.15. The van der Waals surface area contributed by atoms with Crippen LogP contribution >= 0.6 is 0 Å². The Kier molecular flexibility index (Phi) is 5.11. The minimum atomic E-state index is -0.121. The lowest BCUT2D eigenvalue weighted by Crippen LogP contribution is -2.45. The Bertz CT molecular complexity index is 537. The van der Waals surface area contributed by atoms with E-state index in [1.165, 1.54) is 0 Å². The van der Waals surface area contributed by atoms with Gasteiger partial charge in [0.15, 0.2) is 0 Å². The van der Waals surface area contributed by atoms with Crippen molar-refractivity contribution in [3.8, 4) is 0 Å². The van der Waals surface area contributed by atoms with Crippen molar-refractivity contribution < 1.29 is 9.59 Å². The second kappa shape index (κ2) is 7.04. The number of nitrogens with one attached hydrogen (secondary N) is 1. The molecule has 1 atom stereocenters. The lowest BCUT2D eigenvalue weighted by Gasteiger charge is -2.29. The van der Waals surface area contributed by atoms with Crippen LogP contribution in [-0.4, -0.2) is 42.9 Å². The summed E-state index contributed by atoms with van der Waals surface area (Å²) in [6.45, 7) is 1.39. The first-order chi connectivity index (χ1) is 10.1. The summed E-state index contributed by atoms with van der Waals surface area (Å²) < 4.78 is 0. The summed E-state index contributed by atoms with van der Waals surface area (Å²) in [7, 11) is 1.60. The van der Waals surface area contributed by atoms with Gasteiger partial charge in [-0.15, -0.1) is 0 Å². The molecule has 5 heteroatoms. The molecule has 2 amide bonds. The fraction of sp³-hybridized carbons (Fsp3) is 0.375. The van der Waals surface area contributed by atoms with Crippen molar-refractivity contribution >= 4 is 17.9 Å². The molecule has 5 nitrogen and oxygen atoms in total. The average Bonchev–Trinajstić information content (AvgIpc) is 2.52. The van der Waals surface area contributed by atoms with Crippen LogP contribution in [0.2, 0.25) is 0 Å². The van der Waals surface area contributed by atoms with Crippen molar-refractivity contribution in [2.24, 2.45) is 5.73 Å². The molecule has 2 rings (SSSR count). The van der Waals surface area contributed by atoms with Crippen molar-refractivity contribution in [2.45, 2.75) is 18.9 Å². The maximum atomic E-state index is 12.1. The van der Waals surface area contributed by atoms with Gasteiger partial charge in [0.2, 0.25) is 5.91 Å². The second-order valence-electron chi connectivity index (χ2n) is 5.22. The number of piperidine rings is 1. The normalized spacial score (nSPS) is 18.8. The highest BCUT2D eigenvalue weighted by atomic mass is 16.2. The third kappa shape index (κ3) is 4.16. The molecule has 0 saturated carbocycles. The predicted molar refractivity (Wildman–Crippen MR) is 82.7 cm³/mol. The molecule has 1 unspecified atom stereocenters. The molecule has 1 aliphatic heterocycles. The van der Waals surface area contributed by atoms with E-state index in [-0.39, 0.29) is 17.9 Å². The summed E-state index contributed by atoms with van der Waals surface area (Å²) in [6.07, 6.45) is 5.26. The lowest BCUT2D eigenvalue weighted by molar-refractivity contribution is -0.127. The molecule has 3 N–H and O–H groups in total. The number of likely N-dealkylation sites (tertiary alicyclic amines) is 1. The van der Waals surface area contributed by atoms with Gasteiger partial charge in [-0.25, -0.2) is 0 Å². The van der Waals surface area contributed by atoms with Gasteiger partial charge in [-0.2, -0.15) is 0 Å². The summed E-state index contributed by atoms with van der Waals surface area (Å²) in [5.74, 6) is -0.135. The molecule has 1 aliphatic rings. The van der Waals surface area contributed by atoms with Gasteiger partial charge in [-0.3, -0.25) is 9.59 Å². The zero-order valence-corrected chi connectivity index (χ0v) is 12.2.